The van der Waals surface area contributed by atoms with Gasteiger partial charge < -0.3 is 15.0 Å². The molecule has 0 unspecified atom stereocenters. The van der Waals surface area contributed by atoms with Crippen LogP contribution in [0, 0.1) is 0 Å². The van der Waals surface area contributed by atoms with Gasteiger partial charge in [-0.1, -0.05) is 15.9 Å². The fourth-order valence-electron chi connectivity index (χ4n) is 2.34. The second-order valence-corrected chi connectivity index (χ2v) is 7.85. The van der Waals surface area contributed by atoms with Gasteiger partial charge in [0.2, 0.25) is 10.0 Å². The van der Waals surface area contributed by atoms with E-state index in [1.54, 1.807) is 12.1 Å². The van der Waals surface area contributed by atoms with E-state index in [-0.39, 0.29) is 4.90 Å². The zero-order valence-corrected chi connectivity index (χ0v) is 15.0. The van der Waals surface area contributed by atoms with Crippen molar-refractivity contribution in [3.05, 3.63) is 22.7 Å². The Hall–Kier alpha value is -0.670. The lowest BCUT2D eigenvalue weighted by molar-refractivity contribution is 0.239. The summed E-state index contributed by atoms with van der Waals surface area (Å²) in [6, 6.07) is 4.81. The van der Waals surface area contributed by atoms with Crippen LogP contribution in [-0.2, 0) is 10.0 Å². The largest absolute Gasteiger partial charge is 0.497 e. The second-order valence-electron chi connectivity index (χ2n) is 5.17. The van der Waals surface area contributed by atoms with Gasteiger partial charge in [-0.25, -0.2) is 13.1 Å². The van der Waals surface area contributed by atoms with E-state index in [0.717, 1.165) is 39.1 Å². The monoisotopic (exact) mass is 391 g/mol. The quantitative estimate of drug-likeness (QED) is 0.679. The Balaban J connectivity index is 1.86. The number of benzene rings is 1. The highest BCUT2D eigenvalue weighted by atomic mass is 79.9. The van der Waals surface area contributed by atoms with Crippen LogP contribution in [0.5, 0.6) is 5.75 Å². The Kier molecular flexibility index (Phi) is 6.64. The molecule has 0 spiro atoms. The van der Waals surface area contributed by atoms with Gasteiger partial charge in [-0.05, 0) is 25.1 Å². The molecule has 0 bridgehead atoms. The molecule has 0 radical (unpaired) electrons. The van der Waals surface area contributed by atoms with Gasteiger partial charge in [0.15, 0.2) is 0 Å². The molecule has 1 heterocycles. The lowest BCUT2D eigenvalue weighted by atomic mass is 10.3. The van der Waals surface area contributed by atoms with Crippen molar-refractivity contribution >= 4 is 26.0 Å². The number of nitrogens with one attached hydrogen (secondary N) is 2. The van der Waals surface area contributed by atoms with E-state index in [2.05, 4.69) is 30.9 Å². The van der Waals surface area contributed by atoms with Gasteiger partial charge in [-0.15, -0.1) is 0 Å². The van der Waals surface area contributed by atoms with Crippen LogP contribution in [0.1, 0.15) is 6.42 Å². The number of rotatable bonds is 7. The smallest absolute Gasteiger partial charge is 0.240 e. The van der Waals surface area contributed by atoms with E-state index < -0.39 is 10.0 Å². The molecule has 0 amide bonds. The van der Waals surface area contributed by atoms with E-state index in [4.69, 9.17) is 4.74 Å². The summed E-state index contributed by atoms with van der Waals surface area (Å²) < 4.78 is 33.0. The standard InChI is InChI=1S/C14H22BrN3O3S/c1-21-13-9-12(15)10-14(11-13)22(19,20)17-3-2-6-18-7-4-16-5-8-18/h9-11,16-17H,2-8H2,1H3. The average molecular weight is 392 g/mol. The van der Waals surface area contributed by atoms with Crippen molar-refractivity contribution in [3.8, 4) is 5.75 Å². The van der Waals surface area contributed by atoms with Crippen LogP contribution in [-0.4, -0.2) is 59.7 Å². The number of ether oxygens (including phenoxy) is 1. The predicted molar refractivity (Wildman–Crippen MR) is 89.8 cm³/mol. The Morgan fingerprint density at radius 2 is 2.05 bits per heavy atom. The highest BCUT2D eigenvalue weighted by Gasteiger charge is 2.16. The first-order valence-electron chi connectivity index (χ1n) is 7.28. The van der Waals surface area contributed by atoms with E-state index in [9.17, 15) is 8.42 Å². The van der Waals surface area contributed by atoms with Crippen LogP contribution in [0.4, 0.5) is 0 Å². The molecule has 22 heavy (non-hydrogen) atoms. The van der Waals surface area contributed by atoms with Crippen molar-refractivity contribution in [1.82, 2.24) is 14.9 Å². The third-order valence-corrected chi connectivity index (χ3v) is 5.44. The Morgan fingerprint density at radius 1 is 1.32 bits per heavy atom. The maximum atomic E-state index is 12.3. The summed E-state index contributed by atoms with van der Waals surface area (Å²) in [5, 5.41) is 3.30. The highest BCUT2D eigenvalue weighted by molar-refractivity contribution is 9.10. The molecule has 1 aromatic rings. The SMILES string of the molecule is COc1cc(Br)cc(S(=O)(=O)NCCCN2CCNCC2)c1. The van der Waals surface area contributed by atoms with Gasteiger partial charge in [0.05, 0.1) is 12.0 Å². The number of methoxy groups -OCH3 is 1. The lowest BCUT2D eigenvalue weighted by Crippen LogP contribution is -2.44. The summed E-state index contributed by atoms with van der Waals surface area (Å²) in [5.74, 6) is 0.510. The number of hydrogen-bond donors (Lipinski definition) is 2. The first-order valence-corrected chi connectivity index (χ1v) is 9.56. The minimum Gasteiger partial charge on any atom is -0.497 e. The van der Waals surface area contributed by atoms with Gasteiger partial charge in [0.1, 0.15) is 5.75 Å². The molecule has 2 N–H and O–H groups in total. The highest BCUT2D eigenvalue weighted by Crippen LogP contribution is 2.24. The van der Waals surface area contributed by atoms with Crippen LogP contribution >= 0.6 is 15.9 Å². The van der Waals surface area contributed by atoms with Crippen LogP contribution in [0.25, 0.3) is 0 Å². The molecule has 8 heteroatoms. The summed E-state index contributed by atoms with van der Waals surface area (Å²) in [4.78, 5) is 2.55. The van der Waals surface area contributed by atoms with Gasteiger partial charge >= 0.3 is 0 Å². The summed E-state index contributed by atoms with van der Waals surface area (Å²) >= 11 is 3.30. The summed E-state index contributed by atoms with van der Waals surface area (Å²) in [6.45, 7) is 5.39. The first-order chi connectivity index (χ1) is 10.5. The van der Waals surface area contributed by atoms with Crippen molar-refractivity contribution in [2.75, 3.05) is 46.4 Å². The third-order valence-electron chi connectivity index (χ3n) is 3.54. The maximum absolute atomic E-state index is 12.3. The normalized spacial score (nSPS) is 16.6. The molecule has 0 aromatic heterocycles. The molecule has 2 rings (SSSR count). The molecule has 1 aliphatic rings. The van der Waals surface area contributed by atoms with Crippen molar-refractivity contribution in [1.29, 1.82) is 0 Å². The Bertz CT molecular complexity index is 589. The minimum atomic E-state index is -3.51. The van der Waals surface area contributed by atoms with Crippen LogP contribution in [0.3, 0.4) is 0 Å². The fourth-order valence-corrected chi connectivity index (χ4v) is 4.09. The van der Waals surface area contributed by atoms with Crippen LogP contribution < -0.4 is 14.8 Å². The molecule has 0 aliphatic carbocycles. The van der Waals surface area contributed by atoms with E-state index in [0.29, 0.717) is 16.8 Å². The van der Waals surface area contributed by atoms with Gasteiger partial charge in [0.25, 0.3) is 0 Å². The molecule has 124 valence electrons. The number of halogens is 1. The van der Waals surface area contributed by atoms with Crippen molar-refractivity contribution < 1.29 is 13.2 Å². The molecular weight excluding hydrogens is 370 g/mol. The first kappa shape index (κ1) is 17.7. The predicted octanol–water partition coefficient (Wildman–Crippen LogP) is 1.03. The zero-order valence-electron chi connectivity index (χ0n) is 12.6. The number of piperazine rings is 1. The van der Waals surface area contributed by atoms with Gasteiger partial charge in [0, 0.05) is 43.3 Å². The number of nitrogens with zero attached hydrogens (tertiary/aromatic N) is 1. The molecule has 6 nitrogen and oxygen atoms in total. The minimum absolute atomic E-state index is 0.209. The van der Waals surface area contributed by atoms with Crippen molar-refractivity contribution in [2.24, 2.45) is 0 Å². The molecular formula is C14H22BrN3O3S. The molecule has 0 saturated carbocycles. The van der Waals surface area contributed by atoms with Crippen LogP contribution in [0.15, 0.2) is 27.6 Å². The molecule has 1 aromatic carbocycles. The van der Waals surface area contributed by atoms with Crippen molar-refractivity contribution in [3.63, 3.8) is 0 Å². The lowest BCUT2D eigenvalue weighted by Gasteiger charge is -2.27. The van der Waals surface area contributed by atoms with Gasteiger partial charge in [-0.2, -0.15) is 0 Å². The Labute approximate surface area is 140 Å². The fraction of sp³-hybridized carbons (Fsp3) is 0.571. The summed E-state index contributed by atoms with van der Waals surface area (Å²) in [7, 11) is -2.00. The second kappa shape index (κ2) is 8.26. The number of hydrogen-bond acceptors (Lipinski definition) is 5. The maximum Gasteiger partial charge on any atom is 0.240 e. The number of sulfonamides is 1. The van der Waals surface area contributed by atoms with E-state index >= 15 is 0 Å². The van der Waals surface area contributed by atoms with Crippen LogP contribution in [0.2, 0.25) is 0 Å². The summed E-state index contributed by atoms with van der Waals surface area (Å²) in [5.41, 5.74) is 0. The average Bonchev–Trinajstić information content (AvgIpc) is 2.52. The Morgan fingerprint density at radius 3 is 2.73 bits per heavy atom. The molecule has 1 saturated heterocycles. The topological polar surface area (TPSA) is 70.7 Å². The van der Waals surface area contributed by atoms with E-state index in [1.165, 1.54) is 13.2 Å². The van der Waals surface area contributed by atoms with Gasteiger partial charge in [-0.3, -0.25) is 0 Å². The van der Waals surface area contributed by atoms with Crippen molar-refractivity contribution in [2.45, 2.75) is 11.3 Å². The molecule has 0 atom stereocenters. The zero-order chi connectivity index (χ0) is 16.0. The third kappa shape index (κ3) is 5.20. The summed E-state index contributed by atoms with van der Waals surface area (Å²) in [6.07, 6.45) is 0.796. The molecule has 1 fully saturated rings. The van der Waals surface area contributed by atoms with E-state index in [1.807, 2.05) is 0 Å². The molecule has 1 aliphatic heterocycles.